The van der Waals surface area contributed by atoms with Crippen molar-refractivity contribution < 1.29 is 22.7 Å². The van der Waals surface area contributed by atoms with E-state index in [1.807, 2.05) is 31.7 Å². The molecular formula is C23H25F3N6O2. The third-order valence-electron chi connectivity index (χ3n) is 5.49. The fourth-order valence-corrected chi connectivity index (χ4v) is 3.87. The molecule has 0 unspecified atom stereocenters. The van der Waals surface area contributed by atoms with Crippen LogP contribution in [0.1, 0.15) is 25.1 Å². The molecule has 0 spiro atoms. The predicted molar refractivity (Wildman–Crippen MR) is 119 cm³/mol. The van der Waals surface area contributed by atoms with E-state index in [9.17, 15) is 18.0 Å². The van der Waals surface area contributed by atoms with E-state index in [-0.39, 0.29) is 23.9 Å². The van der Waals surface area contributed by atoms with Crippen LogP contribution in [0.25, 0.3) is 11.1 Å². The van der Waals surface area contributed by atoms with Crippen LogP contribution in [0.5, 0.6) is 0 Å². The molecule has 0 bridgehead atoms. The number of benzene rings is 1. The third kappa shape index (κ3) is 5.36. The second-order valence-electron chi connectivity index (χ2n) is 8.81. The highest BCUT2D eigenvalue weighted by molar-refractivity contribution is 5.77. The zero-order valence-corrected chi connectivity index (χ0v) is 19.1. The van der Waals surface area contributed by atoms with Crippen LogP contribution in [0.3, 0.4) is 0 Å². The van der Waals surface area contributed by atoms with E-state index in [4.69, 9.17) is 4.74 Å². The maximum Gasteiger partial charge on any atom is 0.433 e. The number of nitrogens with zero attached hydrogens (tertiary/aromatic N) is 5. The van der Waals surface area contributed by atoms with Crippen LogP contribution in [-0.2, 0) is 22.3 Å². The second kappa shape index (κ2) is 9.05. The minimum Gasteiger partial charge on any atom is -0.377 e. The number of morpholine rings is 1. The Hall–Kier alpha value is -3.47. The lowest BCUT2D eigenvalue weighted by Crippen LogP contribution is -2.56. The quantitative estimate of drug-likeness (QED) is 0.601. The van der Waals surface area contributed by atoms with Crippen molar-refractivity contribution in [2.75, 3.05) is 25.1 Å². The first-order valence-electron chi connectivity index (χ1n) is 10.7. The van der Waals surface area contributed by atoms with Crippen molar-refractivity contribution in [1.29, 1.82) is 0 Å². The molecule has 180 valence electrons. The summed E-state index contributed by atoms with van der Waals surface area (Å²) in [5.74, 6) is -0.197. The number of carbonyl (C=O) groups is 1. The van der Waals surface area contributed by atoms with E-state index in [2.05, 4.69) is 20.4 Å². The van der Waals surface area contributed by atoms with Gasteiger partial charge < -0.3 is 15.0 Å². The first kappa shape index (κ1) is 23.7. The molecule has 1 aliphatic rings. The molecule has 1 saturated heterocycles. The molecule has 2 aromatic heterocycles. The lowest BCUT2D eigenvalue weighted by molar-refractivity contribution is -0.147. The molecule has 3 aromatic rings. The number of alkyl halides is 3. The van der Waals surface area contributed by atoms with Crippen LogP contribution < -0.4 is 5.32 Å². The molecule has 1 fully saturated rings. The average molecular weight is 474 g/mol. The van der Waals surface area contributed by atoms with Crippen molar-refractivity contribution in [3.05, 3.63) is 54.1 Å². The minimum atomic E-state index is -4.56. The molecule has 0 atom stereocenters. The number of anilines is 2. The summed E-state index contributed by atoms with van der Waals surface area (Å²) in [5.41, 5.74) is 1.57. The largest absolute Gasteiger partial charge is 0.433 e. The fraction of sp³-hybridized carbons (Fsp3) is 0.391. The highest BCUT2D eigenvalue weighted by atomic mass is 19.4. The standard InChI is InChI=1S/C23H25F3N6O2/c1-15-8-16(10-18(9-15)29-21-27-5-4-19(30-21)23(24,25)26)17-11-28-31(12-17)13-20(33)32-6-7-34-14-22(32,2)3/h4-5,8-12H,6-7,13-14H2,1-3H3,(H,27,29,30). The highest BCUT2D eigenvalue weighted by Crippen LogP contribution is 2.29. The van der Waals surface area contributed by atoms with Crippen LogP contribution in [0, 0.1) is 6.92 Å². The van der Waals surface area contributed by atoms with E-state index in [1.165, 1.54) is 0 Å². The van der Waals surface area contributed by atoms with Crippen LogP contribution >= 0.6 is 0 Å². The van der Waals surface area contributed by atoms with Gasteiger partial charge in [-0.15, -0.1) is 0 Å². The van der Waals surface area contributed by atoms with Gasteiger partial charge in [0.2, 0.25) is 11.9 Å². The average Bonchev–Trinajstić information content (AvgIpc) is 3.21. The zero-order valence-electron chi connectivity index (χ0n) is 19.1. The summed E-state index contributed by atoms with van der Waals surface area (Å²) in [4.78, 5) is 22.1. The van der Waals surface area contributed by atoms with Gasteiger partial charge in [0, 0.05) is 30.2 Å². The Kier molecular flexibility index (Phi) is 6.30. The molecule has 1 N–H and O–H groups in total. The lowest BCUT2D eigenvalue weighted by atomic mass is 10.0. The monoisotopic (exact) mass is 474 g/mol. The third-order valence-corrected chi connectivity index (χ3v) is 5.49. The number of hydrogen-bond donors (Lipinski definition) is 1. The van der Waals surface area contributed by atoms with E-state index in [0.717, 1.165) is 29.0 Å². The molecule has 3 heterocycles. The zero-order chi connectivity index (χ0) is 24.5. The van der Waals surface area contributed by atoms with Crippen molar-refractivity contribution in [1.82, 2.24) is 24.6 Å². The van der Waals surface area contributed by atoms with Crippen LogP contribution in [0.15, 0.2) is 42.9 Å². The Labute approximate surface area is 194 Å². The van der Waals surface area contributed by atoms with E-state index in [1.54, 1.807) is 29.2 Å². The topological polar surface area (TPSA) is 85.2 Å². The summed E-state index contributed by atoms with van der Waals surface area (Å²) in [7, 11) is 0. The van der Waals surface area contributed by atoms with Crippen LogP contribution in [0.4, 0.5) is 24.8 Å². The number of amides is 1. The van der Waals surface area contributed by atoms with Crippen molar-refractivity contribution in [2.24, 2.45) is 0 Å². The first-order chi connectivity index (χ1) is 16.0. The van der Waals surface area contributed by atoms with Crippen LogP contribution in [-0.4, -0.2) is 55.9 Å². The van der Waals surface area contributed by atoms with Gasteiger partial charge in [0.1, 0.15) is 12.2 Å². The molecule has 1 aromatic carbocycles. The molecule has 1 amide bonds. The predicted octanol–water partition coefficient (Wildman–Crippen LogP) is 4.05. The molecule has 8 nitrogen and oxygen atoms in total. The van der Waals surface area contributed by atoms with E-state index >= 15 is 0 Å². The van der Waals surface area contributed by atoms with Crippen molar-refractivity contribution in [3.8, 4) is 11.1 Å². The van der Waals surface area contributed by atoms with Gasteiger partial charge in [-0.25, -0.2) is 9.97 Å². The number of ether oxygens (including phenoxy) is 1. The normalized spacial score (nSPS) is 15.9. The smallest absolute Gasteiger partial charge is 0.377 e. The van der Waals surface area contributed by atoms with Crippen molar-refractivity contribution in [3.63, 3.8) is 0 Å². The second-order valence-corrected chi connectivity index (χ2v) is 8.81. The summed E-state index contributed by atoms with van der Waals surface area (Å²) in [5, 5.41) is 7.16. The number of halogens is 3. The summed E-state index contributed by atoms with van der Waals surface area (Å²) >= 11 is 0. The molecular weight excluding hydrogens is 449 g/mol. The highest BCUT2D eigenvalue weighted by Gasteiger charge is 2.34. The van der Waals surface area contributed by atoms with Gasteiger partial charge in [-0.3, -0.25) is 9.48 Å². The number of hydrogen-bond acceptors (Lipinski definition) is 6. The van der Waals surface area contributed by atoms with Gasteiger partial charge in [0.15, 0.2) is 0 Å². The maximum absolute atomic E-state index is 12.9. The van der Waals surface area contributed by atoms with Crippen molar-refractivity contribution in [2.45, 2.75) is 39.0 Å². The van der Waals surface area contributed by atoms with Gasteiger partial charge in [-0.1, -0.05) is 6.07 Å². The number of aryl methyl sites for hydroxylation is 1. The first-order valence-corrected chi connectivity index (χ1v) is 10.7. The summed E-state index contributed by atoms with van der Waals surface area (Å²) in [6, 6.07) is 6.29. The van der Waals surface area contributed by atoms with Gasteiger partial charge in [0.25, 0.3) is 0 Å². The lowest BCUT2D eigenvalue weighted by Gasteiger charge is -2.42. The number of rotatable bonds is 5. The Balaban J connectivity index is 1.51. The number of carbonyl (C=O) groups excluding carboxylic acids is 1. The Bertz CT molecular complexity index is 1190. The van der Waals surface area contributed by atoms with Gasteiger partial charge in [-0.2, -0.15) is 18.3 Å². The molecule has 34 heavy (non-hydrogen) atoms. The molecule has 1 aliphatic heterocycles. The van der Waals surface area contributed by atoms with Gasteiger partial charge in [-0.05, 0) is 50.1 Å². The summed E-state index contributed by atoms with van der Waals surface area (Å²) in [6.45, 7) is 7.42. The van der Waals surface area contributed by atoms with E-state index in [0.29, 0.717) is 25.4 Å². The number of aromatic nitrogens is 4. The maximum atomic E-state index is 12.9. The molecule has 4 rings (SSSR count). The van der Waals surface area contributed by atoms with E-state index < -0.39 is 11.9 Å². The van der Waals surface area contributed by atoms with Gasteiger partial charge in [0.05, 0.1) is 24.9 Å². The fourth-order valence-electron chi connectivity index (χ4n) is 3.87. The van der Waals surface area contributed by atoms with Crippen LogP contribution in [0.2, 0.25) is 0 Å². The molecule has 11 heteroatoms. The van der Waals surface area contributed by atoms with Crippen molar-refractivity contribution >= 4 is 17.5 Å². The summed E-state index contributed by atoms with van der Waals surface area (Å²) < 4.78 is 45.9. The Morgan fingerprint density at radius 3 is 2.76 bits per heavy atom. The summed E-state index contributed by atoms with van der Waals surface area (Å²) in [6.07, 6.45) is -0.0764. The SMILES string of the molecule is Cc1cc(Nc2nccc(C(F)(F)F)n2)cc(-c2cnn(CC(=O)N3CCOCC3(C)C)c2)c1. The number of nitrogens with one attached hydrogen (secondary N) is 1. The Morgan fingerprint density at radius 2 is 2.03 bits per heavy atom. The van der Waals surface area contributed by atoms with Gasteiger partial charge >= 0.3 is 6.18 Å². The molecule has 0 saturated carbocycles. The Morgan fingerprint density at radius 1 is 1.24 bits per heavy atom. The molecule has 0 radical (unpaired) electrons. The molecule has 0 aliphatic carbocycles. The minimum absolute atomic E-state index is 0.0451.